The predicted molar refractivity (Wildman–Crippen MR) is 112 cm³/mol. The van der Waals surface area contributed by atoms with Crippen LogP contribution in [0.5, 0.6) is 0 Å². The average Bonchev–Trinajstić information content (AvgIpc) is 3.22. The van der Waals surface area contributed by atoms with Gasteiger partial charge in [-0.05, 0) is 36.4 Å². The second-order valence-corrected chi connectivity index (χ2v) is 8.21. The lowest BCUT2D eigenvalue weighted by atomic mass is 10.1. The fraction of sp³-hybridized carbons (Fsp3) is 0. The van der Waals surface area contributed by atoms with Gasteiger partial charge in [0.25, 0.3) is 10.0 Å². The number of pyridine rings is 1. The third-order valence-corrected chi connectivity index (χ3v) is 5.97. The molecule has 0 aliphatic carbocycles. The summed E-state index contributed by atoms with van der Waals surface area (Å²) in [7, 11) is -3.92. The fourth-order valence-corrected chi connectivity index (χ4v) is 4.46. The number of sulfonamides is 1. The number of nitrogens with zero attached hydrogens (tertiary/aromatic N) is 3. The third kappa shape index (κ3) is 3.98. The summed E-state index contributed by atoms with van der Waals surface area (Å²) in [6.07, 6.45) is 1.35. The van der Waals surface area contributed by atoms with Crippen LogP contribution in [0.2, 0.25) is 0 Å². The van der Waals surface area contributed by atoms with Gasteiger partial charge < -0.3 is 5.11 Å². The highest BCUT2D eigenvalue weighted by Gasteiger charge is 2.20. The van der Waals surface area contributed by atoms with Gasteiger partial charge in [-0.2, -0.15) is 8.75 Å². The van der Waals surface area contributed by atoms with E-state index in [0.717, 1.165) is 11.7 Å². The van der Waals surface area contributed by atoms with Crippen LogP contribution < -0.4 is 4.72 Å². The van der Waals surface area contributed by atoms with Crippen molar-refractivity contribution in [1.29, 1.82) is 0 Å². The molecule has 0 bridgehead atoms. The van der Waals surface area contributed by atoms with Crippen molar-refractivity contribution in [1.82, 2.24) is 13.7 Å². The minimum Gasteiger partial charge on any atom is -0.477 e. The highest BCUT2D eigenvalue weighted by atomic mass is 32.2. The van der Waals surface area contributed by atoms with E-state index in [1.807, 2.05) is 0 Å². The van der Waals surface area contributed by atoms with Gasteiger partial charge in [-0.3, -0.25) is 4.72 Å². The van der Waals surface area contributed by atoms with Crippen LogP contribution in [0.4, 0.5) is 5.69 Å². The monoisotopic (exact) mass is 436 g/mol. The molecule has 0 amide bonds. The maximum Gasteiger partial charge on any atom is 0.354 e. The molecule has 0 aliphatic rings. The zero-order valence-corrected chi connectivity index (χ0v) is 16.7. The Hall–Kier alpha value is -3.81. The minimum atomic E-state index is -3.92. The summed E-state index contributed by atoms with van der Waals surface area (Å²) in [5.41, 5.74) is 1.99. The molecular weight excluding hydrogens is 424 g/mol. The zero-order valence-electron chi connectivity index (χ0n) is 15.1. The average molecular weight is 436 g/mol. The molecule has 0 saturated heterocycles. The number of carboxylic acids is 1. The van der Waals surface area contributed by atoms with Crippen LogP contribution in [0.1, 0.15) is 21.6 Å². The lowest BCUT2D eigenvalue weighted by molar-refractivity contribution is 0.0690. The Labute approximate surface area is 175 Å². The minimum absolute atomic E-state index is 0.0324. The van der Waals surface area contributed by atoms with Crippen LogP contribution in [0, 0.1) is 11.8 Å². The van der Waals surface area contributed by atoms with Gasteiger partial charge in [-0.15, -0.1) is 0 Å². The van der Waals surface area contributed by atoms with E-state index >= 15 is 0 Å². The number of rotatable bonds is 4. The number of aromatic carboxylic acids is 1. The van der Waals surface area contributed by atoms with Crippen molar-refractivity contribution in [2.75, 3.05) is 4.72 Å². The molecular formula is C20H12N4O4S2. The first kappa shape index (κ1) is 19.5. The van der Waals surface area contributed by atoms with E-state index in [4.69, 9.17) is 5.11 Å². The van der Waals surface area contributed by atoms with E-state index in [2.05, 4.69) is 30.3 Å². The van der Waals surface area contributed by atoms with Crippen molar-refractivity contribution in [3.8, 4) is 11.8 Å². The normalized spacial score (nSPS) is 10.9. The molecule has 2 aromatic heterocycles. The van der Waals surface area contributed by atoms with Gasteiger partial charge >= 0.3 is 5.97 Å². The van der Waals surface area contributed by atoms with Gasteiger partial charge in [0, 0.05) is 17.3 Å². The molecule has 4 rings (SSSR count). The first-order chi connectivity index (χ1) is 14.4. The van der Waals surface area contributed by atoms with E-state index in [1.165, 1.54) is 24.4 Å². The molecule has 30 heavy (non-hydrogen) atoms. The maximum absolute atomic E-state index is 13.0. The SMILES string of the molecule is O=C(O)c1ccc(C#Cc2ccccc2NS(=O)(=O)c2cccc3nsnc23)cn1. The lowest BCUT2D eigenvalue weighted by Gasteiger charge is -2.10. The highest BCUT2D eigenvalue weighted by molar-refractivity contribution is 7.93. The van der Waals surface area contributed by atoms with Crippen LogP contribution in [-0.2, 0) is 10.0 Å². The van der Waals surface area contributed by atoms with Crippen LogP contribution in [0.25, 0.3) is 11.0 Å². The number of hydrogen-bond donors (Lipinski definition) is 2. The van der Waals surface area contributed by atoms with Gasteiger partial charge in [0.2, 0.25) is 0 Å². The molecule has 2 N–H and O–H groups in total. The van der Waals surface area contributed by atoms with Gasteiger partial charge in [0.1, 0.15) is 21.6 Å². The number of benzene rings is 2. The Morgan fingerprint density at radius 1 is 1.00 bits per heavy atom. The first-order valence-electron chi connectivity index (χ1n) is 8.48. The van der Waals surface area contributed by atoms with Crippen molar-refractivity contribution in [3.63, 3.8) is 0 Å². The number of carboxylic acid groups (broad SMARTS) is 1. The fourth-order valence-electron chi connectivity index (χ4n) is 2.61. The molecule has 8 nitrogen and oxygen atoms in total. The molecule has 0 spiro atoms. The molecule has 0 unspecified atom stereocenters. The highest BCUT2D eigenvalue weighted by Crippen LogP contribution is 2.25. The largest absolute Gasteiger partial charge is 0.477 e. The number of nitrogens with one attached hydrogen (secondary N) is 1. The van der Waals surface area contributed by atoms with E-state index in [-0.39, 0.29) is 10.6 Å². The van der Waals surface area contributed by atoms with Crippen molar-refractivity contribution < 1.29 is 18.3 Å². The van der Waals surface area contributed by atoms with Crippen molar-refractivity contribution in [2.24, 2.45) is 0 Å². The number of hydrogen-bond acceptors (Lipinski definition) is 7. The van der Waals surface area contributed by atoms with E-state index in [9.17, 15) is 13.2 Å². The third-order valence-electron chi connectivity index (χ3n) is 4.03. The van der Waals surface area contributed by atoms with E-state index in [0.29, 0.717) is 27.8 Å². The van der Waals surface area contributed by atoms with Crippen molar-refractivity contribution in [3.05, 3.63) is 77.6 Å². The first-order valence-corrected chi connectivity index (χ1v) is 10.7. The number of fused-ring (bicyclic) bond motifs is 1. The van der Waals surface area contributed by atoms with Crippen LogP contribution in [0.3, 0.4) is 0 Å². The Morgan fingerprint density at radius 2 is 1.83 bits per heavy atom. The molecule has 2 heterocycles. The Bertz CT molecular complexity index is 1420. The Morgan fingerprint density at radius 3 is 2.60 bits per heavy atom. The molecule has 0 fully saturated rings. The predicted octanol–water partition coefficient (Wildman–Crippen LogP) is 2.99. The molecule has 0 radical (unpaired) electrons. The maximum atomic E-state index is 13.0. The van der Waals surface area contributed by atoms with Crippen LogP contribution in [0.15, 0.2) is 65.7 Å². The molecule has 0 aliphatic heterocycles. The summed E-state index contributed by atoms with van der Waals surface area (Å²) in [6, 6.07) is 14.4. The summed E-state index contributed by atoms with van der Waals surface area (Å²) >= 11 is 0.944. The number of para-hydroxylation sites is 1. The molecule has 4 aromatic rings. The summed E-state index contributed by atoms with van der Waals surface area (Å²) in [5.74, 6) is 4.63. The summed E-state index contributed by atoms with van der Waals surface area (Å²) in [5, 5.41) is 8.90. The number of anilines is 1. The summed E-state index contributed by atoms with van der Waals surface area (Å²) in [6.45, 7) is 0. The summed E-state index contributed by atoms with van der Waals surface area (Å²) in [4.78, 5) is 14.7. The van der Waals surface area contributed by atoms with Gasteiger partial charge in [-0.25, -0.2) is 18.2 Å². The second-order valence-electron chi connectivity index (χ2n) is 6.03. The molecule has 0 atom stereocenters. The van der Waals surface area contributed by atoms with Gasteiger partial charge in [0.05, 0.1) is 17.4 Å². The second kappa shape index (κ2) is 7.90. The zero-order chi connectivity index (χ0) is 21.1. The van der Waals surface area contributed by atoms with E-state index < -0.39 is 16.0 Å². The van der Waals surface area contributed by atoms with Gasteiger partial charge in [0.15, 0.2) is 0 Å². The van der Waals surface area contributed by atoms with Crippen molar-refractivity contribution in [2.45, 2.75) is 4.90 Å². The quantitative estimate of drug-likeness (QED) is 0.472. The Balaban J connectivity index is 1.66. The smallest absolute Gasteiger partial charge is 0.354 e. The summed E-state index contributed by atoms with van der Waals surface area (Å²) < 4.78 is 36.6. The molecule has 0 saturated carbocycles. The standard InChI is InChI=1S/C20H12N4O4S2/c25-20(26)17-11-9-13(12-21-17)8-10-14-4-1-2-5-15(14)24-30(27,28)18-7-3-6-16-19(18)23-29-22-16/h1-7,9,11-12,24H,(H,25,26). The molecule has 10 heteroatoms. The van der Waals surface area contributed by atoms with Gasteiger partial charge in [-0.1, -0.05) is 30.0 Å². The molecule has 148 valence electrons. The van der Waals surface area contributed by atoms with Crippen molar-refractivity contribution >= 4 is 44.4 Å². The lowest BCUT2D eigenvalue weighted by Crippen LogP contribution is -2.14. The van der Waals surface area contributed by atoms with Crippen LogP contribution in [-0.4, -0.2) is 33.2 Å². The topological polar surface area (TPSA) is 122 Å². The van der Waals surface area contributed by atoms with Crippen LogP contribution >= 0.6 is 11.7 Å². The number of aromatic nitrogens is 3. The Kier molecular flexibility index (Phi) is 5.14. The van der Waals surface area contributed by atoms with E-state index in [1.54, 1.807) is 36.4 Å². The number of carbonyl (C=O) groups is 1. The molecule has 2 aromatic carbocycles.